The lowest BCUT2D eigenvalue weighted by atomic mass is 10.3. The maximum Gasteiger partial charge on any atom is 0.152 e. The standard InChI is InChI=1S/C8H6ClNO/c1-5-4-7-6(2-3-11-7)10-8(5)9/h2-4H,1H3. The fourth-order valence-electron chi connectivity index (χ4n) is 0.965. The second-order valence-electron chi connectivity index (χ2n) is 2.40. The van der Waals surface area contributed by atoms with Crippen LogP contribution in [-0.4, -0.2) is 4.98 Å². The van der Waals surface area contributed by atoms with Gasteiger partial charge in [-0.1, -0.05) is 11.6 Å². The van der Waals surface area contributed by atoms with Gasteiger partial charge in [-0.3, -0.25) is 0 Å². The van der Waals surface area contributed by atoms with Gasteiger partial charge in [0.15, 0.2) is 5.58 Å². The molecule has 0 spiro atoms. The van der Waals surface area contributed by atoms with Gasteiger partial charge in [0.25, 0.3) is 0 Å². The number of hydrogen-bond acceptors (Lipinski definition) is 2. The van der Waals surface area contributed by atoms with Crippen molar-refractivity contribution < 1.29 is 4.42 Å². The fourth-order valence-corrected chi connectivity index (χ4v) is 1.11. The van der Waals surface area contributed by atoms with Crippen molar-refractivity contribution in [2.24, 2.45) is 0 Å². The Morgan fingerprint density at radius 1 is 1.55 bits per heavy atom. The quantitative estimate of drug-likeness (QED) is 0.564. The van der Waals surface area contributed by atoms with E-state index < -0.39 is 0 Å². The summed E-state index contributed by atoms with van der Waals surface area (Å²) in [7, 11) is 0. The molecule has 0 N–H and O–H groups in total. The van der Waals surface area contributed by atoms with Crippen molar-refractivity contribution in [2.45, 2.75) is 6.92 Å². The fraction of sp³-hybridized carbons (Fsp3) is 0.125. The minimum absolute atomic E-state index is 0.541. The van der Waals surface area contributed by atoms with Crippen LogP contribution in [0.4, 0.5) is 0 Å². The Balaban J connectivity index is 2.86. The molecule has 0 bridgehead atoms. The lowest BCUT2D eigenvalue weighted by molar-refractivity contribution is 0.615. The van der Waals surface area contributed by atoms with Gasteiger partial charge >= 0.3 is 0 Å². The van der Waals surface area contributed by atoms with Gasteiger partial charge in [0.1, 0.15) is 10.7 Å². The highest BCUT2D eigenvalue weighted by Crippen LogP contribution is 2.19. The molecule has 0 aliphatic heterocycles. The van der Waals surface area contributed by atoms with Crippen LogP contribution >= 0.6 is 11.6 Å². The Labute approximate surface area is 68.8 Å². The molecule has 0 atom stereocenters. The molecule has 0 amide bonds. The second-order valence-corrected chi connectivity index (χ2v) is 2.76. The molecule has 11 heavy (non-hydrogen) atoms. The Morgan fingerprint density at radius 3 is 3.18 bits per heavy atom. The first-order chi connectivity index (χ1) is 5.27. The third kappa shape index (κ3) is 0.994. The summed E-state index contributed by atoms with van der Waals surface area (Å²) < 4.78 is 5.13. The molecule has 0 saturated heterocycles. The minimum Gasteiger partial charge on any atom is -0.463 e. The van der Waals surface area contributed by atoms with Crippen molar-refractivity contribution in [2.75, 3.05) is 0 Å². The Bertz CT molecular complexity index is 358. The Kier molecular flexibility index (Phi) is 1.36. The number of aromatic nitrogens is 1. The van der Waals surface area contributed by atoms with Crippen LogP contribution in [0.2, 0.25) is 5.15 Å². The summed E-state index contributed by atoms with van der Waals surface area (Å²) >= 11 is 5.79. The average molecular weight is 168 g/mol. The highest BCUT2D eigenvalue weighted by molar-refractivity contribution is 6.30. The maximum atomic E-state index is 5.79. The molecule has 2 rings (SSSR count). The van der Waals surface area contributed by atoms with Gasteiger partial charge in [-0.15, -0.1) is 0 Å². The lowest BCUT2D eigenvalue weighted by Crippen LogP contribution is -1.79. The van der Waals surface area contributed by atoms with Crippen molar-refractivity contribution in [3.05, 3.63) is 29.1 Å². The van der Waals surface area contributed by atoms with E-state index in [1.54, 1.807) is 12.3 Å². The van der Waals surface area contributed by atoms with Crippen LogP contribution < -0.4 is 0 Å². The van der Waals surface area contributed by atoms with Gasteiger partial charge < -0.3 is 4.42 Å². The molecule has 0 aliphatic rings. The van der Waals surface area contributed by atoms with E-state index in [-0.39, 0.29) is 0 Å². The summed E-state index contributed by atoms with van der Waals surface area (Å²) in [6, 6.07) is 3.67. The van der Waals surface area contributed by atoms with Gasteiger partial charge in [-0.25, -0.2) is 4.98 Å². The van der Waals surface area contributed by atoms with Gasteiger partial charge in [-0.2, -0.15) is 0 Å². The van der Waals surface area contributed by atoms with Crippen molar-refractivity contribution >= 4 is 22.7 Å². The third-order valence-electron chi connectivity index (χ3n) is 1.56. The number of pyridine rings is 1. The molecular weight excluding hydrogens is 162 g/mol. The molecule has 2 aromatic rings. The van der Waals surface area contributed by atoms with Crippen LogP contribution in [-0.2, 0) is 0 Å². The summed E-state index contributed by atoms with van der Waals surface area (Å²) in [6.45, 7) is 1.90. The predicted molar refractivity (Wildman–Crippen MR) is 43.8 cm³/mol. The molecule has 3 heteroatoms. The highest BCUT2D eigenvalue weighted by Gasteiger charge is 2.01. The van der Waals surface area contributed by atoms with E-state index in [0.29, 0.717) is 5.15 Å². The zero-order valence-electron chi connectivity index (χ0n) is 5.97. The van der Waals surface area contributed by atoms with Crippen molar-refractivity contribution in [3.8, 4) is 0 Å². The van der Waals surface area contributed by atoms with E-state index in [1.807, 2.05) is 13.0 Å². The van der Waals surface area contributed by atoms with Gasteiger partial charge in [0, 0.05) is 6.07 Å². The molecule has 0 fully saturated rings. The number of nitrogens with zero attached hydrogens (tertiary/aromatic N) is 1. The van der Waals surface area contributed by atoms with E-state index in [0.717, 1.165) is 16.7 Å². The smallest absolute Gasteiger partial charge is 0.152 e. The zero-order chi connectivity index (χ0) is 7.84. The Hall–Kier alpha value is -1.02. The number of furan rings is 1. The number of rotatable bonds is 0. The van der Waals surface area contributed by atoms with E-state index in [9.17, 15) is 0 Å². The van der Waals surface area contributed by atoms with Crippen LogP contribution in [0, 0.1) is 6.92 Å². The molecule has 0 radical (unpaired) electrons. The van der Waals surface area contributed by atoms with Crippen LogP contribution in [0.5, 0.6) is 0 Å². The summed E-state index contributed by atoms with van der Waals surface area (Å²) in [5.74, 6) is 0. The normalized spacial score (nSPS) is 10.7. The SMILES string of the molecule is Cc1cc2occc2nc1Cl. The summed E-state index contributed by atoms with van der Waals surface area (Å²) in [5, 5.41) is 0.541. The summed E-state index contributed by atoms with van der Waals surface area (Å²) in [5.41, 5.74) is 2.53. The summed E-state index contributed by atoms with van der Waals surface area (Å²) in [6.07, 6.45) is 1.60. The first-order valence-corrected chi connectivity index (χ1v) is 3.65. The van der Waals surface area contributed by atoms with Gasteiger partial charge in [-0.05, 0) is 18.6 Å². The molecule has 0 aliphatic carbocycles. The van der Waals surface area contributed by atoms with Gasteiger partial charge in [0.05, 0.1) is 6.26 Å². The topological polar surface area (TPSA) is 26.0 Å². The Morgan fingerprint density at radius 2 is 2.36 bits per heavy atom. The number of aryl methyl sites for hydroxylation is 1. The van der Waals surface area contributed by atoms with Crippen LogP contribution in [0.25, 0.3) is 11.1 Å². The van der Waals surface area contributed by atoms with Crippen molar-refractivity contribution in [1.29, 1.82) is 0 Å². The zero-order valence-corrected chi connectivity index (χ0v) is 6.72. The number of halogens is 1. The van der Waals surface area contributed by atoms with E-state index in [1.165, 1.54) is 0 Å². The molecule has 2 aromatic heterocycles. The monoisotopic (exact) mass is 167 g/mol. The predicted octanol–water partition coefficient (Wildman–Crippen LogP) is 2.79. The first kappa shape index (κ1) is 6.68. The average Bonchev–Trinajstić information content (AvgIpc) is 2.36. The molecule has 0 saturated carbocycles. The number of fused-ring (bicyclic) bond motifs is 1. The van der Waals surface area contributed by atoms with E-state index in [4.69, 9.17) is 16.0 Å². The number of hydrogen-bond donors (Lipinski definition) is 0. The molecule has 0 unspecified atom stereocenters. The maximum absolute atomic E-state index is 5.79. The van der Waals surface area contributed by atoms with Crippen LogP contribution in [0.1, 0.15) is 5.56 Å². The van der Waals surface area contributed by atoms with E-state index in [2.05, 4.69) is 4.98 Å². The largest absolute Gasteiger partial charge is 0.463 e. The summed E-state index contributed by atoms with van der Waals surface area (Å²) in [4.78, 5) is 4.11. The minimum atomic E-state index is 0.541. The van der Waals surface area contributed by atoms with Crippen molar-refractivity contribution in [1.82, 2.24) is 4.98 Å². The molecule has 2 nitrogen and oxygen atoms in total. The molecule has 56 valence electrons. The van der Waals surface area contributed by atoms with Crippen LogP contribution in [0.3, 0.4) is 0 Å². The molecule has 2 heterocycles. The van der Waals surface area contributed by atoms with Crippen LogP contribution in [0.15, 0.2) is 22.8 Å². The first-order valence-electron chi connectivity index (χ1n) is 3.28. The molecule has 0 aromatic carbocycles. The van der Waals surface area contributed by atoms with Crippen molar-refractivity contribution in [3.63, 3.8) is 0 Å². The lowest BCUT2D eigenvalue weighted by Gasteiger charge is -1.94. The third-order valence-corrected chi connectivity index (χ3v) is 1.95. The second kappa shape index (κ2) is 2.24. The van der Waals surface area contributed by atoms with E-state index >= 15 is 0 Å². The van der Waals surface area contributed by atoms with Gasteiger partial charge in [0.2, 0.25) is 0 Å². The molecular formula is C8H6ClNO. The highest BCUT2D eigenvalue weighted by atomic mass is 35.5.